The van der Waals surface area contributed by atoms with Crippen LogP contribution in [0.2, 0.25) is 0 Å². The van der Waals surface area contributed by atoms with Crippen LogP contribution in [0.4, 0.5) is 11.4 Å². The third kappa shape index (κ3) is 5.15. The first-order chi connectivity index (χ1) is 15.2. The highest BCUT2D eigenvalue weighted by Gasteiger charge is 2.22. The Kier molecular flexibility index (Phi) is 6.95. The quantitative estimate of drug-likeness (QED) is 0.541. The Morgan fingerprint density at radius 1 is 0.938 bits per heavy atom. The van der Waals surface area contributed by atoms with Crippen LogP contribution in [0.3, 0.4) is 0 Å². The van der Waals surface area contributed by atoms with Crippen molar-refractivity contribution in [3.8, 4) is 0 Å². The molecule has 0 bridgehead atoms. The Morgan fingerprint density at radius 3 is 2.28 bits per heavy atom. The molecule has 1 N–H and O–H groups in total. The first-order valence-corrected chi connectivity index (χ1v) is 11.4. The van der Waals surface area contributed by atoms with Crippen LogP contribution in [0.1, 0.15) is 33.2 Å². The van der Waals surface area contributed by atoms with Crippen molar-refractivity contribution >= 4 is 33.3 Å². The molecule has 0 fully saturated rings. The first-order valence-electron chi connectivity index (χ1n) is 9.96. The van der Waals surface area contributed by atoms with Crippen molar-refractivity contribution in [3.05, 3.63) is 89.5 Å². The summed E-state index contributed by atoms with van der Waals surface area (Å²) < 4.78 is 32.3. The summed E-state index contributed by atoms with van der Waals surface area (Å²) in [4.78, 5) is 24.6. The van der Waals surface area contributed by atoms with Crippen molar-refractivity contribution in [3.63, 3.8) is 0 Å². The normalized spacial score (nSPS) is 11.0. The van der Waals surface area contributed by atoms with Crippen molar-refractivity contribution in [2.75, 3.05) is 23.3 Å². The highest BCUT2D eigenvalue weighted by Crippen LogP contribution is 2.23. The van der Waals surface area contributed by atoms with Gasteiger partial charge in [-0.1, -0.05) is 29.8 Å². The van der Waals surface area contributed by atoms with E-state index < -0.39 is 21.9 Å². The van der Waals surface area contributed by atoms with E-state index in [0.717, 1.165) is 5.56 Å². The van der Waals surface area contributed by atoms with Crippen LogP contribution < -0.4 is 9.62 Å². The van der Waals surface area contributed by atoms with E-state index >= 15 is 0 Å². The van der Waals surface area contributed by atoms with Gasteiger partial charge in [0.15, 0.2) is 0 Å². The molecule has 3 aromatic carbocycles. The first kappa shape index (κ1) is 23.0. The van der Waals surface area contributed by atoms with Crippen molar-refractivity contribution in [2.45, 2.75) is 18.7 Å². The van der Waals surface area contributed by atoms with Crippen LogP contribution in [-0.2, 0) is 14.8 Å². The second-order valence-corrected chi connectivity index (χ2v) is 9.06. The summed E-state index contributed by atoms with van der Waals surface area (Å²) in [5.41, 5.74) is 2.41. The molecule has 0 atom stereocenters. The molecule has 0 saturated heterocycles. The number of amides is 1. The number of ether oxygens (including phenoxy) is 1. The zero-order chi connectivity index (χ0) is 23.3. The van der Waals surface area contributed by atoms with Crippen molar-refractivity contribution in [2.24, 2.45) is 0 Å². The number of carbonyl (C=O) groups excluding carboxylic acids is 2. The smallest absolute Gasteiger partial charge is 0.338 e. The van der Waals surface area contributed by atoms with Gasteiger partial charge in [-0.05, 0) is 62.4 Å². The molecule has 166 valence electrons. The molecule has 7 nitrogen and oxygen atoms in total. The van der Waals surface area contributed by atoms with Crippen LogP contribution in [-0.4, -0.2) is 33.9 Å². The summed E-state index contributed by atoms with van der Waals surface area (Å²) in [6.45, 7) is 3.87. The van der Waals surface area contributed by atoms with E-state index in [1.54, 1.807) is 37.3 Å². The highest BCUT2D eigenvalue weighted by molar-refractivity contribution is 7.92. The lowest BCUT2D eigenvalue weighted by Crippen LogP contribution is -2.26. The maximum absolute atomic E-state index is 13.1. The minimum atomic E-state index is -3.87. The van der Waals surface area contributed by atoms with Gasteiger partial charge in [0.25, 0.3) is 15.9 Å². The van der Waals surface area contributed by atoms with Crippen molar-refractivity contribution in [1.82, 2.24) is 0 Å². The Bertz CT molecular complexity index is 1240. The van der Waals surface area contributed by atoms with E-state index in [9.17, 15) is 18.0 Å². The van der Waals surface area contributed by atoms with E-state index in [0.29, 0.717) is 16.9 Å². The second kappa shape index (κ2) is 9.65. The fourth-order valence-electron chi connectivity index (χ4n) is 2.99. The fraction of sp³-hybridized carbons (Fsp3) is 0.167. The zero-order valence-electron chi connectivity index (χ0n) is 18.0. The number of esters is 1. The highest BCUT2D eigenvalue weighted by atomic mass is 32.2. The van der Waals surface area contributed by atoms with Crippen molar-refractivity contribution < 1.29 is 22.7 Å². The minimum absolute atomic E-state index is 0.00602. The second-order valence-electron chi connectivity index (χ2n) is 7.09. The number of carbonyl (C=O) groups is 2. The average molecular weight is 453 g/mol. The number of aryl methyl sites for hydroxylation is 1. The van der Waals surface area contributed by atoms with Gasteiger partial charge in [0, 0.05) is 18.3 Å². The van der Waals surface area contributed by atoms with Gasteiger partial charge in [0.2, 0.25) is 0 Å². The summed E-state index contributed by atoms with van der Waals surface area (Å²) in [6.07, 6.45) is 0. The SMILES string of the molecule is CCOC(=O)c1cccc(NC(=O)c2cccc(S(=O)(=O)N(C)c3ccc(C)cc3)c2)c1. The van der Waals surface area contributed by atoms with Crippen LogP contribution in [0.15, 0.2) is 77.7 Å². The predicted molar refractivity (Wildman–Crippen MR) is 124 cm³/mol. The van der Waals surface area contributed by atoms with E-state index in [4.69, 9.17) is 4.74 Å². The Hall–Kier alpha value is -3.65. The van der Waals surface area contributed by atoms with Gasteiger partial charge in [-0.15, -0.1) is 0 Å². The van der Waals surface area contributed by atoms with Gasteiger partial charge in [-0.3, -0.25) is 9.10 Å². The molecule has 0 spiro atoms. The molecule has 3 aromatic rings. The van der Waals surface area contributed by atoms with Gasteiger partial charge >= 0.3 is 5.97 Å². The third-order valence-electron chi connectivity index (χ3n) is 4.78. The number of benzene rings is 3. The summed E-state index contributed by atoms with van der Waals surface area (Å²) in [5, 5.41) is 2.69. The minimum Gasteiger partial charge on any atom is -0.462 e. The summed E-state index contributed by atoms with van der Waals surface area (Å²) in [7, 11) is -2.40. The largest absolute Gasteiger partial charge is 0.462 e. The molecule has 0 heterocycles. The molecular formula is C24H24N2O5S. The zero-order valence-corrected chi connectivity index (χ0v) is 18.8. The number of hydrogen-bond acceptors (Lipinski definition) is 5. The Labute approximate surface area is 187 Å². The third-order valence-corrected chi connectivity index (χ3v) is 6.57. The number of hydrogen-bond donors (Lipinski definition) is 1. The van der Waals surface area contributed by atoms with E-state index in [1.165, 1.54) is 41.7 Å². The van der Waals surface area contributed by atoms with E-state index in [1.807, 2.05) is 19.1 Å². The molecule has 0 saturated carbocycles. The lowest BCUT2D eigenvalue weighted by molar-refractivity contribution is 0.0526. The maximum atomic E-state index is 13.1. The van der Waals surface area contributed by atoms with Crippen LogP contribution >= 0.6 is 0 Å². The molecule has 0 radical (unpaired) electrons. The molecule has 32 heavy (non-hydrogen) atoms. The van der Waals surface area contributed by atoms with Gasteiger partial charge in [0.1, 0.15) is 0 Å². The number of nitrogens with zero attached hydrogens (tertiary/aromatic N) is 1. The number of nitrogens with one attached hydrogen (secondary N) is 1. The molecule has 0 aliphatic carbocycles. The van der Waals surface area contributed by atoms with Gasteiger partial charge in [-0.25, -0.2) is 13.2 Å². The standard InChI is InChI=1S/C24H24N2O5S/c1-4-31-24(28)19-8-5-9-20(15-19)25-23(27)18-7-6-10-22(16-18)32(29,30)26(3)21-13-11-17(2)12-14-21/h5-16H,4H2,1-3H3,(H,25,27). The molecular weight excluding hydrogens is 428 g/mol. The van der Waals surface area contributed by atoms with Crippen molar-refractivity contribution in [1.29, 1.82) is 0 Å². The van der Waals surface area contributed by atoms with E-state index in [-0.39, 0.29) is 17.1 Å². The number of rotatable bonds is 7. The molecule has 0 unspecified atom stereocenters. The van der Waals surface area contributed by atoms with Gasteiger partial charge in [0.05, 0.1) is 22.8 Å². The summed E-state index contributed by atoms with van der Waals surface area (Å²) in [6, 6.07) is 19.2. The molecule has 8 heteroatoms. The molecule has 0 aliphatic rings. The monoisotopic (exact) mass is 452 g/mol. The lowest BCUT2D eigenvalue weighted by Gasteiger charge is -2.20. The molecule has 3 rings (SSSR count). The van der Waals surface area contributed by atoms with Gasteiger partial charge in [-0.2, -0.15) is 0 Å². The Balaban J connectivity index is 1.82. The number of sulfonamides is 1. The predicted octanol–water partition coefficient (Wildman–Crippen LogP) is 4.25. The number of anilines is 2. The fourth-order valence-corrected chi connectivity index (χ4v) is 4.23. The molecule has 0 aliphatic heterocycles. The summed E-state index contributed by atoms with van der Waals surface area (Å²) >= 11 is 0. The molecule has 0 aromatic heterocycles. The van der Waals surface area contributed by atoms with Crippen LogP contribution in [0.5, 0.6) is 0 Å². The topological polar surface area (TPSA) is 92.8 Å². The average Bonchev–Trinajstić information content (AvgIpc) is 2.79. The Morgan fingerprint density at radius 2 is 1.59 bits per heavy atom. The lowest BCUT2D eigenvalue weighted by atomic mass is 10.1. The van der Waals surface area contributed by atoms with E-state index in [2.05, 4.69) is 5.32 Å². The van der Waals surface area contributed by atoms with Crippen LogP contribution in [0.25, 0.3) is 0 Å². The summed E-state index contributed by atoms with van der Waals surface area (Å²) in [5.74, 6) is -0.989. The van der Waals surface area contributed by atoms with Gasteiger partial charge < -0.3 is 10.1 Å². The molecule has 1 amide bonds. The van der Waals surface area contributed by atoms with Crippen LogP contribution in [0, 0.1) is 6.92 Å². The maximum Gasteiger partial charge on any atom is 0.338 e.